The molecule has 0 bridgehead atoms. The van der Waals surface area contributed by atoms with Gasteiger partial charge >= 0.3 is 0 Å². The molecular formula is C32H38O4. The number of hydrogen-bond acceptors (Lipinski definition) is 4. The van der Waals surface area contributed by atoms with Gasteiger partial charge in [0.2, 0.25) is 0 Å². The van der Waals surface area contributed by atoms with Crippen LogP contribution in [0.15, 0.2) is 24.3 Å². The van der Waals surface area contributed by atoms with Crippen molar-refractivity contribution in [2.45, 2.75) is 80.4 Å². The molecule has 4 aromatic rings. The molecule has 0 fully saturated rings. The number of hydrogen-bond donors (Lipinski definition) is 4. The second kappa shape index (κ2) is 9.42. The summed E-state index contributed by atoms with van der Waals surface area (Å²) in [5.41, 5.74) is 8.54. The summed E-state index contributed by atoms with van der Waals surface area (Å²) in [5, 5.41) is 47.4. The normalized spacial score (nSPS) is 12.0. The van der Waals surface area contributed by atoms with Crippen LogP contribution in [0.25, 0.3) is 32.7 Å². The smallest absolute Gasteiger partial charge is 0.131 e. The number of aliphatic hydroxyl groups is 2. The quantitative estimate of drug-likeness (QED) is 0.235. The highest BCUT2D eigenvalue weighted by Gasteiger charge is 2.25. The molecular weight excluding hydrogens is 448 g/mol. The van der Waals surface area contributed by atoms with E-state index in [0.29, 0.717) is 33.0 Å². The van der Waals surface area contributed by atoms with E-state index in [1.54, 1.807) is 0 Å². The lowest BCUT2D eigenvalue weighted by molar-refractivity contribution is 0.279. The maximum atomic E-state index is 11.7. The van der Waals surface area contributed by atoms with Gasteiger partial charge in [-0.1, -0.05) is 27.7 Å². The van der Waals surface area contributed by atoms with Gasteiger partial charge in [-0.15, -0.1) is 0 Å². The summed E-state index contributed by atoms with van der Waals surface area (Å²) < 4.78 is 0. The number of aliphatic hydroxyl groups excluding tert-OH is 2. The molecule has 4 heteroatoms. The summed E-state index contributed by atoms with van der Waals surface area (Å²) in [6.07, 6.45) is 0. The van der Waals surface area contributed by atoms with E-state index >= 15 is 0 Å². The molecule has 0 amide bonds. The van der Waals surface area contributed by atoms with Crippen LogP contribution in [0.3, 0.4) is 0 Å². The Balaban J connectivity index is 2.21. The molecule has 0 aliphatic rings. The Morgan fingerprint density at radius 2 is 0.889 bits per heavy atom. The standard InChI is InChI=1S/C32H38O4/c1-15(2)27-19(7)17(5)9-25-23(27)11-21(13-33)29(31(25)35)30-22(14-34)12-24-26(32(30)36)10-18(6)20(8)28(24)16(3)4/h9-12,15-16,33-36H,13-14H2,1-8H3. The average molecular weight is 487 g/mol. The van der Waals surface area contributed by atoms with Crippen molar-refractivity contribution in [2.75, 3.05) is 0 Å². The van der Waals surface area contributed by atoms with Crippen LogP contribution in [0.4, 0.5) is 0 Å². The molecule has 0 saturated heterocycles. The molecule has 4 N–H and O–H groups in total. The van der Waals surface area contributed by atoms with Crippen LogP contribution in [-0.2, 0) is 13.2 Å². The number of fused-ring (bicyclic) bond motifs is 2. The van der Waals surface area contributed by atoms with Crippen LogP contribution in [0.2, 0.25) is 0 Å². The molecule has 36 heavy (non-hydrogen) atoms. The molecule has 0 spiro atoms. The number of aromatic hydroxyl groups is 2. The molecule has 0 unspecified atom stereocenters. The third-order valence-electron chi connectivity index (χ3n) is 7.88. The van der Waals surface area contributed by atoms with Crippen molar-refractivity contribution in [1.29, 1.82) is 0 Å². The fourth-order valence-corrected chi connectivity index (χ4v) is 5.99. The zero-order chi connectivity index (χ0) is 26.6. The van der Waals surface area contributed by atoms with E-state index < -0.39 is 0 Å². The lowest BCUT2D eigenvalue weighted by atomic mass is 9.82. The van der Waals surface area contributed by atoms with Gasteiger partial charge in [0, 0.05) is 21.9 Å². The Hall–Kier alpha value is -3.08. The molecule has 0 aromatic heterocycles. The molecule has 4 rings (SSSR count). The SMILES string of the molecule is Cc1cc2c(O)c(-c3c(CO)cc4c(C(C)C)c(C)c(C)cc4c3O)c(CO)cc2c(C(C)C)c1C. The first-order chi connectivity index (χ1) is 16.9. The van der Waals surface area contributed by atoms with Crippen molar-refractivity contribution in [3.63, 3.8) is 0 Å². The fraction of sp³-hybridized carbons (Fsp3) is 0.375. The molecule has 4 aromatic carbocycles. The Bertz CT molecular complexity index is 1390. The second-order valence-electron chi connectivity index (χ2n) is 10.8. The van der Waals surface area contributed by atoms with Crippen molar-refractivity contribution >= 4 is 21.5 Å². The maximum Gasteiger partial charge on any atom is 0.131 e. The average Bonchev–Trinajstić information content (AvgIpc) is 2.81. The second-order valence-corrected chi connectivity index (χ2v) is 10.8. The number of benzene rings is 4. The van der Waals surface area contributed by atoms with Crippen LogP contribution in [0.5, 0.6) is 11.5 Å². The van der Waals surface area contributed by atoms with Gasteiger partial charge in [-0.05, 0) is 119 Å². The van der Waals surface area contributed by atoms with Gasteiger partial charge in [-0.25, -0.2) is 0 Å². The maximum absolute atomic E-state index is 11.7. The predicted molar refractivity (Wildman–Crippen MR) is 149 cm³/mol. The largest absolute Gasteiger partial charge is 0.507 e. The zero-order valence-corrected chi connectivity index (χ0v) is 22.7. The minimum Gasteiger partial charge on any atom is -0.507 e. The highest BCUT2D eigenvalue weighted by molar-refractivity contribution is 6.05. The van der Waals surface area contributed by atoms with Gasteiger partial charge in [0.1, 0.15) is 11.5 Å². The number of aryl methyl sites for hydroxylation is 2. The summed E-state index contributed by atoms with van der Waals surface area (Å²) in [4.78, 5) is 0. The summed E-state index contributed by atoms with van der Waals surface area (Å²) in [6.45, 7) is 16.1. The first kappa shape index (κ1) is 26.0. The van der Waals surface area contributed by atoms with Crippen LogP contribution < -0.4 is 0 Å². The summed E-state index contributed by atoms with van der Waals surface area (Å²) >= 11 is 0. The van der Waals surface area contributed by atoms with Crippen molar-refractivity contribution < 1.29 is 20.4 Å². The molecule has 0 saturated carbocycles. The number of phenols is 2. The number of rotatable bonds is 5. The van der Waals surface area contributed by atoms with Crippen molar-refractivity contribution in [1.82, 2.24) is 0 Å². The monoisotopic (exact) mass is 486 g/mol. The Kier molecular flexibility index (Phi) is 6.80. The van der Waals surface area contributed by atoms with Crippen molar-refractivity contribution in [3.05, 3.63) is 68.8 Å². The van der Waals surface area contributed by atoms with Gasteiger partial charge in [0.25, 0.3) is 0 Å². The Labute approximate surface area is 213 Å². The molecule has 0 atom stereocenters. The predicted octanol–water partition coefficient (Wildman–Crippen LogP) is 7.54. The van der Waals surface area contributed by atoms with Crippen LogP contribution >= 0.6 is 0 Å². The van der Waals surface area contributed by atoms with Gasteiger partial charge in [-0.3, -0.25) is 0 Å². The Morgan fingerprint density at radius 1 is 0.556 bits per heavy atom. The summed E-state index contributed by atoms with van der Waals surface area (Å²) in [6, 6.07) is 7.79. The van der Waals surface area contributed by atoms with E-state index in [1.807, 2.05) is 38.1 Å². The lowest BCUT2D eigenvalue weighted by Crippen LogP contribution is -2.03. The minimum atomic E-state index is -0.310. The van der Waals surface area contributed by atoms with E-state index in [9.17, 15) is 20.4 Å². The van der Waals surface area contributed by atoms with E-state index in [4.69, 9.17) is 0 Å². The summed E-state index contributed by atoms with van der Waals surface area (Å²) in [5.74, 6) is 0.483. The number of phenolic OH excluding ortho intramolecular Hbond substituents is 2. The van der Waals surface area contributed by atoms with E-state index in [0.717, 1.165) is 33.0 Å². The molecule has 0 aliphatic carbocycles. The van der Waals surface area contributed by atoms with Gasteiger partial charge in [0.05, 0.1) is 13.2 Å². The lowest BCUT2D eigenvalue weighted by Gasteiger charge is -2.23. The topological polar surface area (TPSA) is 80.9 Å². The van der Waals surface area contributed by atoms with E-state index in [2.05, 4.69) is 41.5 Å². The molecule has 4 nitrogen and oxygen atoms in total. The molecule has 190 valence electrons. The van der Waals surface area contributed by atoms with Gasteiger partial charge in [-0.2, -0.15) is 0 Å². The van der Waals surface area contributed by atoms with Gasteiger partial charge < -0.3 is 20.4 Å². The molecule has 0 heterocycles. The minimum absolute atomic E-state index is 0.0128. The van der Waals surface area contributed by atoms with Crippen molar-refractivity contribution in [2.24, 2.45) is 0 Å². The third kappa shape index (κ3) is 3.84. The third-order valence-corrected chi connectivity index (χ3v) is 7.88. The highest BCUT2D eigenvalue weighted by Crippen LogP contribution is 2.49. The molecule has 0 aliphatic heterocycles. The fourth-order valence-electron chi connectivity index (χ4n) is 5.99. The van der Waals surface area contributed by atoms with Crippen molar-refractivity contribution in [3.8, 4) is 22.6 Å². The zero-order valence-electron chi connectivity index (χ0n) is 22.7. The Morgan fingerprint density at radius 3 is 1.17 bits per heavy atom. The van der Waals surface area contributed by atoms with E-state index in [1.165, 1.54) is 11.1 Å². The molecule has 0 radical (unpaired) electrons. The first-order valence-electron chi connectivity index (χ1n) is 12.7. The van der Waals surface area contributed by atoms with Gasteiger partial charge in [0.15, 0.2) is 0 Å². The van der Waals surface area contributed by atoms with Crippen LogP contribution in [-0.4, -0.2) is 20.4 Å². The highest BCUT2D eigenvalue weighted by atomic mass is 16.3. The van der Waals surface area contributed by atoms with Crippen LogP contribution in [0.1, 0.15) is 84.0 Å². The summed E-state index contributed by atoms with van der Waals surface area (Å²) in [7, 11) is 0. The van der Waals surface area contributed by atoms with Crippen LogP contribution in [0, 0.1) is 27.7 Å². The first-order valence-corrected chi connectivity index (χ1v) is 12.7. The van der Waals surface area contributed by atoms with E-state index in [-0.39, 0.29) is 36.5 Å².